The molecular weight excluding hydrogens is 240 g/mol. The SMILES string of the molecule is COc1c(C)ccc(NC(=O)C2CCCCC2)c1N. The molecule has 0 aromatic heterocycles. The van der Waals surface area contributed by atoms with Crippen LogP contribution in [-0.4, -0.2) is 13.0 Å². The number of nitrogens with two attached hydrogens (primary N) is 1. The zero-order valence-corrected chi connectivity index (χ0v) is 11.7. The quantitative estimate of drug-likeness (QED) is 0.823. The highest BCUT2D eigenvalue weighted by atomic mass is 16.5. The van der Waals surface area contributed by atoms with Crippen LogP contribution in [0.3, 0.4) is 0 Å². The summed E-state index contributed by atoms with van der Waals surface area (Å²) in [5.74, 6) is 0.846. The third kappa shape index (κ3) is 3.00. The average Bonchev–Trinajstić information content (AvgIpc) is 2.43. The van der Waals surface area contributed by atoms with Crippen molar-refractivity contribution >= 4 is 17.3 Å². The van der Waals surface area contributed by atoms with Crippen LogP contribution in [0.15, 0.2) is 12.1 Å². The number of benzene rings is 1. The van der Waals surface area contributed by atoms with E-state index in [-0.39, 0.29) is 11.8 Å². The lowest BCUT2D eigenvalue weighted by Crippen LogP contribution is -2.25. The minimum absolute atomic E-state index is 0.0808. The van der Waals surface area contributed by atoms with Crippen molar-refractivity contribution < 1.29 is 9.53 Å². The molecule has 104 valence electrons. The van der Waals surface area contributed by atoms with Gasteiger partial charge in [-0.3, -0.25) is 4.79 Å². The normalized spacial score (nSPS) is 16.1. The van der Waals surface area contributed by atoms with Crippen molar-refractivity contribution in [1.29, 1.82) is 0 Å². The molecule has 4 heteroatoms. The molecule has 1 fully saturated rings. The van der Waals surface area contributed by atoms with Gasteiger partial charge in [-0.15, -0.1) is 0 Å². The van der Waals surface area contributed by atoms with Crippen LogP contribution in [0.2, 0.25) is 0 Å². The molecule has 0 radical (unpaired) electrons. The first kappa shape index (κ1) is 13.7. The second-order valence-electron chi connectivity index (χ2n) is 5.20. The minimum atomic E-state index is 0.0808. The van der Waals surface area contributed by atoms with Crippen molar-refractivity contribution in [1.82, 2.24) is 0 Å². The van der Waals surface area contributed by atoms with Crippen LogP contribution < -0.4 is 15.8 Å². The Morgan fingerprint density at radius 2 is 2.00 bits per heavy atom. The zero-order chi connectivity index (χ0) is 13.8. The summed E-state index contributed by atoms with van der Waals surface area (Å²) in [5, 5.41) is 2.94. The number of methoxy groups -OCH3 is 1. The largest absolute Gasteiger partial charge is 0.494 e. The van der Waals surface area contributed by atoms with Crippen molar-refractivity contribution in [2.45, 2.75) is 39.0 Å². The second-order valence-corrected chi connectivity index (χ2v) is 5.20. The molecule has 1 aromatic carbocycles. The van der Waals surface area contributed by atoms with E-state index in [1.807, 2.05) is 19.1 Å². The van der Waals surface area contributed by atoms with E-state index in [2.05, 4.69) is 5.32 Å². The number of aryl methyl sites for hydroxylation is 1. The number of amides is 1. The maximum absolute atomic E-state index is 12.2. The standard InChI is InChI=1S/C15H22N2O2/c1-10-8-9-12(13(16)14(10)19-2)17-15(18)11-6-4-3-5-7-11/h8-9,11H,3-7,16H2,1-2H3,(H,17,18). The first-order valence-corrected chi connectivity index (χ1v) is 6.87. The summed E-state index contributed by atoms with van der Waals surface area (Å²) in [6.45, 7) is 1.93. The van der Waals surface area contributed by atoms with Crippen LogP contribution in [0.5, 0.6) is 5.75 Å². The molecule has 2 rings (SSSR count). The topological polar surface area (TPSA) is 64.3 Å². The van der Waals surface area contributed by atoms with Gasteiger partial charge in [0.2, 0.25) is 5.91 Å². The first-order valence-electron chi connectivity index (χ1n) is 6.87. The van der Waals surface area contributed by atoms with E-state index < -0.39 is 0 Å². The lowest BCUT2D eigenvalue weighted by molar-refractivity contribution is -0.120. The predicted octanol–water partition coefficient (Wildman–Crippen LogP) is 3.10. The maximum atomic E-state index is 12.2. The zero-order valence-electron chi connectivity index (χ0n) is 11.7. The maximum Gasteiger partial charge on any atom is 0.227 e. The number of nitrogens with one attached hydrogen (secondary N) is 1. The van der Waals surface area contributed by atoms with Gasteiger partial charge in [-0.25, -0.2) is 0 Å². The number of carbonyl (C=O) groups is 1. The fraction of sp³-hybridized carbons (Fsp3) is 0.533. The number of rotatable bonds is 3. The Morgan fingerprint density at radius 1 is 1.32 bits per heavy atom. The average molecular weight is 262 g/mol. The molecule has 1 saturated carbocycles. The molecule has 0 heterocycles. The molecule has 4 nitrogen and oxygen atoms in total. The summed E-state index contributed by atoms with van der Waals surface area (Å²) in [5.41, 5.74) is 8.16. The highest BCUT2D eigenvalue weighted by Gasteiger charge is 2.22. The summed E-state index contributed by atoms with van der Waals surface area (Å²) in [6.07, 6.45) is 5.49. The minimum Gasteiger partial charge on any atom is -0.494 e. The van der Waals surface area contributed by atoms with Crippen LogP contribution in [0.1, 0.15) is 37.7 Å². The van der Waals surface area contributed by atoms with Gasteiger partial charge in [0, 0.05) is 5.92 Å². The predicted molar refractivity (Wildman–Crippen MR) is 77.3 cm³/mol. The molecule has 1 aromatic rings. The van der Waals surface area contributed by atoms with Gasteiger partial charge in [-0.2, -0.15) is 0 Å². The Bertz CT molecular complexity index is 465. The molecule has 3 N–H and O–H groups in total. The molecule has 1 aliphatic carbocycles. The monoisotopic (exact) mass is 262 g/mol. The van der Waals surface area contributed by atoms with Crippen molar-refractivity contribution in [3.8, 4) is 5.75 Å². The van der Waals surface area contributed by atoms with E-state index in [9.17, 15) is 4.79 Å². The summed E-state index contributed by atoms with van der Waals surface area (Å²) in [6, 6.07) is 3.75. The molecule has 0 bridgehead atoms. The van der Waals surface area contributed by atoms with Gasteiger partial charge in [0.1, 0.15) is 5.75 Å². The number of hydrogen-bond donors (Lipinski definition) is 2. The molecule has 0 aliphatic heterocycles. The number of hydrogen-bond acceptors (Lipinski definition) is 3. The van der Waals surface area contributed by atoms with Gasteiger partial charge in [-0.1, -0.05) is 25.3 Å². The van der Waals surface area contributed by atoms with Crippen LogP contribution >= 0.6 is 0 Å². The smallest absolute Gasteiger partial charge is 0.227 e. The lowest BCUT2D eigenvalue weighted by Gasteiger charge is -2.21. The summed E-state index contributed by atoms with van der Waals surface area (Å²) < 4.78 is 5.27. The number of carbonyl (C=O) groups excluding carboxylic acids is 1. The van der Waals surface area contributed by atoms with E-state index in [4.69, 9.17) is 10.5 Å². The first-order chi connectivity index (χ1) is 9.13. The van der Waals surface area contributed by atoms with E-state index in [0.29, 0.717) is 17.1 Å². The van der Waals surface area contributed by atoms with Crippen molar-refractivity contribution in [3.05, 3.63) is 17.7 Å². The number of ether oxygens (including phenoxy) is 1. The molecule has 0 atom stereocenters. The fourth-order valence-corrected chi connectivity index (χ4v) is 2.69. The van der Waals surface area contributed by atoms with Crippen LogP contribution in [0, 0.1) is 12.8 Å². The Balaban J connectivity index is 2.12. The van der Waals surface area contributed by atoms with Crippen LogP contribution in [0.25, 0.3) is 0 Å². The Kier molecular flexibility index (Phi) is 4.30. The van der Waals surface area contributed by atoms with Gasteiger partial charge >= 0.3 is 0 Å². The molecule has 1 amide bonds. The van der Waals surface area contributed by atoms with E-state index in [0.717, 1.165) is 31.2 Å². The molecule has 0 saturated heterocycles. The summed E-state index contributed by atoms with van der Waals surface area (Å²) in [4.78, 5) is 12.2. The van der Waals surface area contributed by atoms with Gasteiger partial charge in [0.05, 0.1) is 18.5 Å². The van der Waals surface area contributed by atoms with E-state index in [1.54, 1.807) is 7.11 Å². The lowest BCUT2D eigenvalue weighted by atomic mass is 9.88. The van der Waals surface area contributed by atoms with Crippen molar-refractivity contribution in [3.63, 3.8) is 0 Å². The third-order valence-corrected chi connectivity index (χ3v) is 3.83. The third-order valence-electron chi connectivity index (χ3n) is 3.83. The molecule has 19 heavy (non-hydrogen) atoms. The Morgan fingerprint density at radius 3 is 2.63 bits per heavy atom. The number of nitrogen functional groups attached to an aromatic ring is 1. The summed E-state index contributed by atoms with van der Waals surface area (Å²) >= 11 is 0. The van der Waals surface area contributed by atoms with Crippen molar-refractivity contribution in [2.24, 2.45) is 5.92 Å². The molecule has 0 unspecified atom stereocenters. The van der Waals surface area contributed by atoms with Crippen LogP contribution in [0.4, 0.5) is 11.4 Å². The van der Waals surface area contributed by atoms with Gasteiger partial charge in [0.15, 0.2) is 0 Å². The molecular formula is C15H22N2O2. The highest BCUT2D eigenvalue weighted by molar-refractivity contribution is 5.96. The Hall–Kier alpha value is -1.71. The van der Waals surface area contributed by atoms with E-state index in [1.165, 1.54) is 6.42 Å². The molecule has 1 aliphatic rings. The van der Waals surface area contributed by atoms with E-state index >= 15 is 0 Å². The Labute approximate surface area is 114 Å². The van der Waals surface area contributed by atoms with Gasteiger partial charge < -0.3 is 15.8 Å². The van der Waals surface area contributed by atoms with Crippen LogP contribution in [-0.2, 0) is 4.79 Å². The molecule has 0 spiro atoms. The van der Waals surface area contributed by atoms with Gasteiger partial charge in [0.25, 0.3) is 0 Å². The highest BCUT2D eigenvalue weighted by Crippen LogP contribution is 2.33. The second kappa shape index (κ2) is 5.95. The summed E-state index contributed by atoms with van der Waals surface area (Å²) in [7, 11) is 1.59. The fourth-order valence-electron chi connectivity index (χ4n) is 2.69. The van der Waals surface area contributed by atoms with Gasteiger partial charge in [-0.05, 0) is 31.4 Å². The van der Waals surface area contributed by atoms with Crippen molar-refractivity contribution in [2.75, 3.05) is 18.2 Å². The number of anilines is 2.